The van der Waals surface area contributed by atoms with Crippen LogP contribution in [0.1, 0.15) is 0 Å². The average molecular weight is 295 g/mol. The number of hydrogen-bond acceptors (Lipinski definition) is 4. The minimum Gasteiger partial charge on any atom is -0.472 e. The molecule has 2 N–H and O–H groups in total. The summed E-state index contributed by atoms with van der Waals surface area (Å²) < 4.78 is 10.1. The maximum absolute atomic E-state index is 6.19. The molecule has 3 rings (SSSR count). The molecule has 0 unspecified atom stereocenters. The summed E-state index contributed by atoms with van der Waals surface area (Å²) in [4.78, 5) is 0. The Bertz CT molecular complexity index is 720. The summed E-state index contributed by atoms with van der Waals surface area (Å²) >= 11 is 12.1. The van der Waals surface area contributed by atoms with Crippen molar-refractivity contribution >= 4 is 29.1 Å². The third-order valence-electron chi connectivity index (χ3n) is 2.71. The van der Waals surface area contributed by atoms with Crippen LogP contribution in [0.5, 0.6) is 0 Å². The van der Waals surface area contributed by atoms with E-state index in [1.54, 1.807) is 36.8 Å². The number of anilines is 1. The van der Waals surface area contributed by atoms with Crippen LogP contribution in [0.25, 0.3) is 22.4 Å². The van der Waals surface area contributed by atoms with Gasteiger partial charge in [-0.2, -0.15) is 0 Å². The maximum atomic E-state index is 6.19. The van der Waals surface area contributed by atoms with Crippen molar-refractivity contribution in [1.29, 1.82) is 0 Å². The van der Waals surface area contributed by atoms with E-state index in [0.717, 1.165) is 5.56 Å². The summed E-state index contributed by atoms with van der Waals surface area (Å²) in [7, 11) is 0. The second kappa shape index (κ2) is 4.64. The summed E-state index contributed by atoms with van der Waals surface area (Å²) in [6, 6.07) is 6.92. The van der Waals surface area contributed by atoms with E-state index in [4.69, 9.17) is 37.9 Å². The molecule has 0 aliphatic rings. The van der Waals surface area contributed by atoms with Crippen molar-refractivity contribution in [3.05, 3.63) is 46.8 Å². The van der Waals surface area contributed by atoms with Crippen LogP contribution in [-0.4, -0.2) is 5.16 Å². The van der Waals surface area contributed by atoms with Crippen LogP contribution in [0, 0.1) is 0 Å². The fourth-order valence-electron chi connectivity index (χ4n) is 1.85. The maximum Gasteiger partial charge on any atom is 0.230 e. The number of halogens is 2. The van der Waals surface area contributed by atoms with Crippen LogP contribution in [0.2, 0.25) is 10.0 Å². The molecule has 96 valence electrons. The molecule has 19 heavy (non-hydrogen) atoms. The van der Waals surface area contributed by atoms with E-state index in [1.807, 2.05) is 0 Å². The van der Waals surface area contributed by atoms with Gasteiger partial charge in [0.15, 0.2) is 0 Å². The average Bonchev–Trinajstić information content (AvgIpc) is 2.99. The van der Waals surface area contributed by atoms with Gasteiger partial charge in [-0.1, -0.05) is 34.4 Å². The molecule has 2 aromatic heterocycles. The number of rotatable bonds is 2. The molecule has 1 aromatic carbocycles. The fraction of sp³-hybridized carbons (Fsp3) is 0. The van der Waals surface area contributed by atoms with Crippen LogP contribution in [0.15, 0.2) is 45.7 Å². The number of benzene rings is 1. The summed E-state index contributed by atoms with van der Waals surface area (Å²) in [5, 5.41) is 4.97. The quantitative estimate of drug-likeness (QED) is 0.756. The van der Waals surface area contributed by atoms with Crippen LogP contribution in [-0.2, 0) is 0 Å². The van der Waals surface area contributed by atoms with Gasteiger partial charge in [0.25, 0.3) is 0 Å². The molecule has 0 fully saturated rings. The molecule has 0 atom stereocenters. The van der Waals surface area contributed by atoms with Crippen molar-refractivity contribution in [3.8, 4) is 22.4 Å². The van der Waals surface area contributed by atoms with E-state index in [1.165, 1.54) is 0 Å². The van der Waals surface area contributed by atoms with Gasteiger partial charge in [0, 0.05) is 16.1 Å². The number of nitrogens with zero attached hydrogens (tertiary/aromatic N) is 1. The molecule has 0 aliphatic carbocycles. The van der Waals surface area contributed by atoms with Gasteiger partial charge >= 0.3 is 0 Å². The zero-order valence-corrected chi connectivity index (χ0v) is 11.1. The highest BCUT2D eigenvalue weighted by Crippen LogP contribution is 2.40. The smallest absolute Gasteiger partial charge is 0.230 e. The van der Waals surface area contributed by atoms with Gasteiger partial charge in [-0.25, -0.2) is 0 Å². The predicted molar refractivity (Wildman–Crippen MR) is 74.1 cm³/mol. The van der Waals surface area contributed by atoms with Gasteiger partial charge in [0.2, 0.25) is 5.88 Å². The Morgan fingerprint density at radius 2 is 2.00 bits per heavy atom. The van der Waals surface area contributed by atoms with Crippen molar-refractivity contribution in [2.24, 2.45) is 0 Å². The summed E-state index contributed by atoms with van der Waals surface area (Å²) in [5.74, 6) is 0.195. The summed E-state index contributed by atoms with van der Waals surface area (Å²) in [6.45, 7) is 0. The van der Waals surface area contributed by atoms with Crippen molar-refractivity contribution in [2.75, 3.05) is 5.73 Å². The van der Waals surface area contributed by atoms with E-state index >= 15 is 0 Å². The lowest BCUT2D eigenvalue weighted by atomic mass is 10.0. The second-order valence-electron chi connectivity index (χ2n) is 3.91. The summed E-state index contributed by atoms with van der Waals surface area (Å²) in [5.41, 5.74) is 8.52. The minimum absolute atomic E-state index is 0.195. The van der Waals surface area contributed by atoms with Crippen molar-refractivity contribution in [3.63, 3.8) is 0 Å². The number of nitrogens with two attached hydrogens (primary N) is 1. The molecule has 0 spiro atoms. The minimum atomic E-state index is 0.195. The van der Waals surface area contributed by atoms with E-state index < -0.39 is 0 Å². The van der Waals surface area contributed by atoms with Gasteiger partial charge in [0.05, 0.1) is 23.1 Å². The molecule has 0 saturated carbocycles. The van der Waals surface area contributed by atoms with Crippen LogP contribution in [0.4, 0.5) is 5.88 Å². The van der Waals surface area contributed by atoms with Crippen LogP contribution >= 0.6 is 23.2 Å². The Hall–Kier alpha value is -1.91. The Morgan fingerprint density at radius 3 is 2.68 bits per heavy atom. The number of hydrogen-bond donors (Lipinski definition) is 1. The molecule has 0 saturated heterocycles. The van der Waals surface area contributed by atoms with Crippen molar-refractivity contribution < 1.29 is 8.94 Å². The molecule has 0 amide bonds. The lowest BCUT2D eigenvalue weighted by molar-refractivity contribution is 0.439. The lowest BCUT2D eigenvalue weighted by Gasteiger charge is -2.04. The van der Waals surface area contributed by atoms with E-state index in [-0.39, 0.29) is 5.88 Å². The van der Waals surface area contributed by atoms with E-state index in [0.29, 0.717) is 26.9 Å². The van der Waals surface area contributed by atoms with Crippen LogP contribution in [0.3, 0.4) is 0 Å². The molecule has 6 heteroatoms. The monoisotopic (exact) mass is 294 g/mol. The topological polar surface area (TPSA) is 65.2 Å². The van der Waals surface area contributed by atoms with Gasteiger partial charge in [-0.3, -0.25) is 0 Å². The van der Waals surface area contributed by atoms with Crippen LogP contribution < -0.4 is 5.73 Å². The SMILES string of the molecule is Nc1onc(-c2ccoc2)c1-c1ccc(Cl)cc1Cl. The molecule has 3 aromatic rings. The standard InChI is InChI=1S/C13H8Cl2N2O2/c14-8-1-2-9(10(15)5-8)11-12(17-19-13(11)16)7-3-4-18-6-7/h1-6H,16H2. The Morgan fingerprint density at radius 1 is 1.16 bits per heavy atom. The van der Waals surface area contributed by atoms with Gasteiger partial charge < -0.3 is 14.7 Å². The van der Waals surface area contributed by atoms with E-state index in [9.17, 15) is 0 Å². The predicted octanol–water partition coefficient (Wildman–Crippen LogP) is 4.49. The number of furan rings is 1. The first-order valence-electron chi connectivity index (χ1n) is 5.40. The first kappa shape index (κ1) is 12.1. The zero-order chi connectivity index (χ0) is 13.4. The highest BCUT2D eigenvalue weighted by atomic mass is 35.5. The molecular formula is C13H8Cl2N2O2. The third-order valence-corrected chi connectivity index (χ3v) is 3.26. The van der Waals surface area contributed by atoms with E-state index in [2.05, 4.69) is 5.16 Å². The highest BCUT2D eigenvalue weighted by Gasteiger charge is 2.20. The highest BCUT2D eigenvalue weighted by molar-refractivity contribution is 6.36. The zero-order valence-electron chi connectivity index (χ0n) is 9.56. The van der Waals surface area contributed by atoms with Gasteiger partial charge in [-0.15, -0.1) is 0 Å². The molecule has 0 aliphatic heterocycles. The molecule has 2 heterocycles. The Balaban J connectivity index is 2.22. The molecule has 0 bridgehead atoms. The first-order valence-corrected chi connectivity index (χ1v) is 6.15. The Labute approximate surface area is 118 Å². The Kier molecular flexibility index (Phi) is 2.97. The third kappa shape index (κ3) is 2.09. The van der Waals surface area contributed by atoms with Gasteiger partial charge in [-0.05, 0) is 18.2 Å². The van der Waals surface area contributed by atoms with Crippen molar-refractivity contribution in [2.45, 2.75) is 0 Å². The summed E-state index contributed by atoms with van der Waals surface area (Å²) in [6.07, 6.45) is 3.11. The lowest BCUT2D eigenvalue weighted by Crippen LogP contribution is -1.88. The number of aromatic nitrogens is 1. The molecular weight excluding hydrogens is 287 g/mol. The second-order valence-corrected chi connectivity index (χ2v) is 4.75. The fourth-order valence-corrected chi connectivity index (χ4v) is 2.35. The van der Waals surface area contributed by atoms with Crippen molar-refractivity contribution in [1.82, 2.24) is 5.16 Å². The van der Waals surface area contributed by atoms with Gasteiger partial charge in [0.1, 0.15) is 5.69 Å². The first-order chi connectivity index (χ1) is 9.16. The molecule has 0 radical (unpaired) electrons. The number of nitrogen functional groups attached to an aromatic ring is 1. The molecule has 4 nitrogen and oxygen atoms in total. The normalized spacial score (nSPS) is 10.8. The largest absolute Gasteiger partial charge is 0.472 e.